The number of nitrogens with zero attached hydrogens (tertiary/aromatic N) is 1. The Morgan fingerprint density at radius 2 is 1.84 bits per heavy atom. The number of carboxylic acid groups (broad SMARTS) is 2. The summed E-state index contributed by atoms with van der Waals surface area (Å²) >= 11 is 0. The average Bonchev–Trinajstić information content (AvgIpc) is 2.90. The molecule has 1 unspecified atom stereocenters. The van der Waals surface area contributed by atoms with Gasteiger partial charge in [0.2, 0.25) is 5.66 Å². The van der Waals surface area contributed by atoms with Crippen LogP contribution in [0, 0.1) is 5.41 Å². The van der Waals surface area contributed by atoms with Gasteiger partial charge in [0.25, 0.3) is 0 Å². The highest BCUT2D eigenvalue weighted by atomic mass is 16.4. The molecule has 0 radical (unpaired) electrons. The van der Waals surface area contributed by atoms with Gasteiger partial charge in [0.05, 0.1) is 0 Å². The van der Waals surface area contributed by atoms with E-state index >= 15 is 0 Å². The molecule has 2 aliphatic rings. The molecule has 0 bridgehead atoms. The summed E-state index contributed by atoms with van der Waals surface area (Å²) in [6.45, 7) is 1.72. The zero-order valence-corrected chi connectivity index (χ0v) is 11.1. The lowest BCUT2D eigenvalue weighted by molar-refractivity contribution is -0.158. The monoisotopic (exact) mass is 271 g/mol. The fourth-order valence-corrected chi connectivity index (χ4v) is 2.74. The van der Waals surface area contributed by atoms with E-state index in [9.17, 15) is 19.8 Å². The van der Waals surface area contributed by atoms with Crippen molar-refractivity contribution in [1.29, 1.82) is 0 Å². The van der Waals surface area contributed by atoms with Gasteiger partial charge in [-0.15, -0.1) is 0 Å². The molecule has 108 valence electrons. The van der Waals surface area contributed by atoms with Crippen LogP contribution in [0.4, 0.5) is 4.79 Å². The van der Waals surface area contributed by atoms with Crippen LogP contribution in [0.25, 0.3) is 0 Å². The second-order valence-electron chi connectivity index (χ2n) is 5.86. The van der Waals surface area contributed by atoms with Crippen LogP contribution in [0.1, 0.15) is 45.4 Å². The first-order valence-corrected chi connectivity index (χ1v) is 6.63. The molecule has 19 heavy (non-hydrogen) atoms. The van der Waals surface area contributed by atoms with E-state index in [1.165, 1.54) is 0 Å². The highest BCUT2D eigenvalue weighted by molar-refractivity contribution is 5.84. The van der Waals surface area contributed by atoms with E-state index in [-0.39, 0.29) is 6.04 Å². The van der Waals surface area contributed by atoms with Crippen molar-refractivity contribution in [2.75, 3.05) is 0 Å². The number of carbonyl (C=O) groups is 2. The summed E-state index contributed by atoms with van der Waals surface area (Å²) in [4.78, 5) is 23.0. The zero-order chi connectivity index (χ0) is 14.3. The van der Waals surface area contributed by atoms with Crippen LogP contribution in [0.2, 0.25) is 0 Å². The maximum atomic E-state index is 11.6. The normalized spacial score (nSPS) is 24.7. The van der Waals surface area contributed by atoms with E-state index in [0.717, 1.165) is 30.7 Å². The van der Waals surface area contributed by atoms with Crippen LogP contribution in [-0.4, -0.2) is 39.0 Å². The van der Waals surface area contributed by atoms with E-state index in [4.69, 9.17) is 5.73 Å². The number of nitrogens with one attached hydrogen (secondary N) is 1. The third-order valence-corrected chi connectivity index (χ3v) is 4.46. The Balaban J connectivity index is 2.24. The summed E-state index contributed by atoms with van der Waals surface area (Å²) in [6.07, 6.45) is 3.62. The molecule has 0 aromatic rings. The quantitative estimate of drug-likeness (QED) is 0.437. The van der Waals surface area contributed by atoms with Crippen LogP contribution in [0.5, 0.6) is 0 Å². The largest absolute Gasteiger partial charge is 0.478 e. The lowest BCUT2D eigenvalue weighted by Crippen LogP contribution is -2.72. The molecule has 0 aromatic carbocycles. The zero-order valence-electron chi connectivity index (χ0n) is 11.1. The lowest BCUT2D eigenvalue weighted by Gasteiger charge is -2.41. The fraction of sp³-hybridized carbons (Fsp3) is 0.833. The molecule has 0 spiro atoms. The van der Waals surface area contributed by atoms with Crippen LogP contribution in [0.15, 0.2) is 0 Å². The fourth-order valence-electron chi connectivity index (χ4n) is 2.74. The summed E-state index contributed by atoms with van der Waals surface area (Å²) in [6, 6.07) is -0.0132. The number of nitrogens with two attached hydrogens (primary N) is 1. The molecule has 0 heterocycles. The maximum absolute atomic E-state index is 11.6. The van der Waals surface area contributed by atoms with Gasteiger partial charge in [-0.2, -0.15) is 0 Å². The molecule has 7 nitrogen and oxygen atoms in total. The van der Waals surface area contributed by atoms with Gasteiger partial charge >= 0.3 is 12.1 Å². The van der Waals surface area contributed by atoms with Crippen molar-refractivity contribution in [2.45, 2.75) is 57.2 Å². The smallest absolute Gasteiger partial charge is 0.424 e. The molecule has 2 saturated carbocycles. The van der Waals surface area contributed by atoms with E-state index in [1.54, 1.807) is 6.92 Å². The van der Waals surface area contributed by atoms with Crippen molar-refractivity contribution in [3.8, 4) is 0 Å². The van der Waals surface area contributed by atoms with Gasteiger partial charge in [-0.1, -0.05) is 19.8 Å². The molecular formula is C12H21N3O4. The number of carboxylic acids is 1. The first-order chi connectivity index (χ1) is 8.81. The van der Waals surface area contributed by atoms with Crippen molar-refractivity contribution in [3.63, 3.8) is 0 Å². The number of hydrogen-bond donors (Lipinski definition) is 4. The van der Waals surface area contributed by atoms with E-state index in [0.29, 0.717) is 12.8 Å². The van der Waals surface area contributed by atoms with Gasteiger partial charge in [0.1, 0.15) is 0 Å². The van der Waals surface area contributed by atoms with Crippen LogP contribution in [-0.2, 0) is 4.79 Å². The summed E-state index contributed by atoms with van der Waals surface area (Å²) in [5.41, 5.74) is 6.18. The van der Waals surface area contributed by atoms with E-state index < -0.39 is 23.1 Å². The van der Waals surface area contributed by atoms with Gasteiger partial charge in [-0.3, -0.25) is 5.73 Å². The third-order valence-electron chi connectivity index (χ3n) is 4.46. The van der Waals surface area contributed by atoms with Crippen molar-refractivity contribution >= 4 is 12.1 Å². The molecule has 2 aliphatic carbocycles. The van der Waals surface area contributed by atoms with Crippen LogP contribution < -0.4 is 11.2 Å². The number of rotatable bonds is 5. The predicted octanol–water partition coefficient (Wildman–Crippen LogP) is 0.953. The van der Waals surface area contributed by atoms with Gasteiger partial charge in [0.15, 0.2) is 0 Å². The number of hydrazine groups is 1. The third kappa shape index (κ3) is 2.28. The summed E-state index contributed by atoms with van der Waals surface area (Å²) < 4.78 is 0. The second kappa shape index (κ2) is 4.64. The van der Waals surface area contributed by atoms with Crippen molar-refractivity contribution < 1.29 is 19.8 Å². The van der Waals surface area contributed by atoms with E-state index in [2.05, 4.69) is 5.43 Å². The number of amides is 1. The minimum Gasteiger partial charge on any atom is -0.478 e. The summed E-state index contributed by atoms with van der Waals surface area (Å²) in [5.74, 6) is -1.31. The standard InChI is InChI=1S/C12H21N3O4/c1-11(6-7-11)12(13,9(16)17)15(10(18)19)14-8-4-2-3-5-8/h8,14H,2-7,13H2,1H3,(H,16,17)(H,18,19). The molecule has 0 aromatic heterocycles. The maximum Gasteiger partial charge on any atom is 0.424 e. The Bertz CT molecular complexity index is 390. The first-order valence-electron chi connectivity index (χ1n) is 6.63. The molecule has 0 aliphatic heterocycles. The number of aliphatic carboxylic acids is 1. The second-order valence-corrected chi connectivity index (χ2v) is 5.86. The average molecular weight is 271 g/mol. The van der Waals surface area contributed by atoms with Gasteiger partial charge in [-0.25, -0.2) is 20.0 Å². The Morgan fingerprint density at radius 3 is 2.21 bits per heavy atom. The summed E-state index contributed by atoms with van der Waals surface area (Å²) in [7, 11) is 0. The Hall–Kier alpha value is -1.34. The Kier molecular flexibility index (Phi) is 3.44. The minimum absolute atomic E-state index is 0.0132. The molecule has 2 rings (SSSR count). The molecule has 2 fully saturated rings. The van der Waals surface area contributed by atoms with Crippen molar-refractivity contribution in [1.82, 2.24) is 10.4 Å². The van der Waals surface area contributed by atoms with Crippen LogP contribution >= 0.6 is 0 Å². The lowest BCUT2D eigenvalue weighted by atomic mass is 9.91. The van der Waals surface area contributed by atoms with Gasteiger partial charge < -0.3 is 10.2 Å². The highest BCUT2D eigenvalue weighted by Gasteiger charge is 2.64. The first kappa shape index (κ1) is 14.1. The Labute approximate surface area is 111 Å². The molecule has 0 saturated heterocycles. The molecular weight excluding hydrogens is 250 g/mol. The van der Waals surface area contributed by atoms with Crippen LogP contribution in [0.3, 0.4) is 0 Å². The molecule has 1 atom stereocenters. The van der Waals surface area contributed by atoms with Gasteiger partial charge in [0, 0.05) is 11.5 Å². The molecule has 7 heteroatoms. The topological polar surface area (TPSA) is 116 Å². The number of hydrogen-bond acceptors (Lipinski definition) is 4. The van der Waals surface area contributed by atoms with Crippen molar-refractivity contribution in [2.24, 2.45) is 11.1 Å². The SMILES string of the molecule is CC1(C(N)(C(=O)O)N(NC2CCCC2)C(=O)O)CC1. The van der Waals surface area contributed by atoms with E-state index in [1.807, 2.05) is 0 Å². The predicted molar refractivity (Wildman–Crippen MR) is 67.2 cm³/mol. The highest BCUT2D eigenvalue weighted by Crippen LogP contribution is 2.53. The molecule has 5 N–H and O–H groups in total. The summed E-state index contributed by atoms with van der Waals surface area (Å²) in [5, 5.41) is 19.5. The van der Waals surface area contributed by atoms with Gasteiger partial charge in [-0.05, 0) is 25.7 Å². The Morgan fingerprint density at radius 1 is 1.32 bits per heavy atom. The van der Waals surface area contributed by atoms with Crippen molar-refractivity contribution in [3.05, 3.63) is 0 Å². The minimum atomic E-state index is -1.92. The molecule has 1 amide bonds.